The van der Waals surface area contributed by atoms with Crippen molar-refractivity contribution in [3.63, 3.8) is 0 Å². The molecule has 28 heavy (non-hydrogen) atoms. The molecule has 0 aromatic carbocycles. The zero-order chi connectivity index (χ0) is 19.5. The number of hydrogen-bond acceptors (Lipinski definition) is 1. The SMILES string of the molecule is CCCCCCCCCCCCCCCCCCCCC1(C)C[NH2+]CCO1.[Cl-]. The minimum atomic E-state index is 0. The fourth-order valence-electron chi connectivity index (χ4n) is 4.43. The number of quaternary nitrogens is 1. The largest absolute Gasteiger partial charge is 1.00 e. The van der Waals surface area contributed by atoms with Crippen molar-refractivity contribution < 1.29 is 22.5 Å². The smallest absolute Gasteiger partial charge is 0.114 e. The second kappa shape index (κ2) is 20.5. The monoisotopic (exact) mass is 417 g/mol. The molecule has 0 radical (unpaired) electrons. The highest BCUT2D eigenvalue weighted by molar-refractivity contribution is 4.75. The van der Waals surface area contributed by atoms with Crippen molar-refractivity contribution in [2.24, 2.45) is 0 Å². The van der Waals surface area contributed by atoms with Crippen LogP contribution in [0, 0.1) is 0 Å². The van der Waals surface area contributed by atoms with Crippen LogP contribution < -0.4 is 17.7 Å². The molecule has 2 N–H and O–H groups in total. The number of unbranched alkanes of at least 4 members (excludes halogenated alkanes) is 17. The van der Waals surface area contributed by atoms with Crippen LogP contribution in [0.25, 0.3) is 0 Å². The van der Waals surface area contributed by atoms with Crippen molar-refractivity contribution in [2.45, 2.75) is 141 Å². The highest BCUT2D eigenvalue weighted by Crippen LogP contribution is 2.20. The molecule has 1 atom stereocenters. The molecular weight excluding hydrogens is 366 g/mol. The highest BCUT2D eigenvalue weighted by atomic mass is 35.5. The number of hydrogen-bond donors (Lipinski definition) is 1. The van der Waals surface area contributed by atoms with Gasteiger partial charge in [-0.25, -0.2) is 0 Å². The predicted octanol–water partition coefficient (Wildman–Crippen LogP) is 3.77. The van der Waals surface area contributed by atoms with E-state index in [1.165, 1.54) is 122 Å². The molecule has 3 heteroatoms. The number of halogens is 1. The van der Waals surface area contributed by atoms with Gasteiger partial charge in [-0.15, -0.1) is 0 Å². The Morgan fingerprint density at radius 2 is 1.04 bits per heavy atom. The van der Waals surface area contributed by atoms with Gasteiger partial charge >= 0.3 is 0 Å². The molecule has 1 saturated heterocycles. The lowest BCUT2D eigenvalue weighted by atomic mass is 9.96. The summed E-state index contributed by atoms with van der Waals surface area (Å²) in [5.41, 5.74) is 0.160. The summed E-state index contributed by atoms with van der Waals surface area (Å²) < 4.78 is 5.97. The van der Waals surface area contributed by atoms with Gasteiger partial charge < -0.3 is 22.5 Å². The van der Waals surface area contributed by atoms with E-state index in [9.17, 15) is 0 Å². The van der Waals surface area contributed by atoms with Crippen LogP contribution in [0.2, 0.25) is 0 Å². The number of nitrogens with two attached hydrogens (primary N) is 1. The van der Waals surface area contributed by atoms with Gasteiger partial charge in [-0.3, -0.25) is 0 Å². The van der Waals surface area contributed by atoms with Gasteiger partial charge in [0, 0.05) is 0 Å². The van der Waals surface area contributed by atoms with Gasteiger partial charge in [0.1, 0.15) is 12.1 Å². The molecule has 1 heterocycles. The molecule has 0 saturated carbocycles. The Hall–Kier alpha value is 0.210. The fraction of sp³-hybridized carbons (Fsp3) is 1.00. The third-order valence-electron chi connectivity index (χ3n) is 6.41. The minimum absolute atomic E-state index is 0. The Morgan fingerprint density at radius 1 is 0.643 bits per heavy atom. The molecule has 0 bridgehead atoms. The molecule has 0 spiro atoms. The molecule has 2 nitrogen and oxygen atoms in total. The lowest BCUT2D eigenvalue weighted by Crippen LogP contribution is -3.00. The lowest BCUT2D eigenvalue weighted by Gasteiger charge is -2.31. The van der Waals surface area contributed by atoms with Crippen molar-refractivity contribution in [3.8, 4) is 0 Å². The van der Waals surface area contributed by atoms with E-state index in [-0.39, 0.29) is 18.0 Å². The second-order valence-corrected chi connectivity index (χ2v) is 9.34. The van der Waals surface area contributed by atoms with Crippen molar-refractivity contribution in [3.05, 3.63) is 0 Å². The minimum Gasteiger partial charge on any atom is -1.00 e. The first kappa shape index (κ1) is 28.2. The van der Waals surface area contributed by atoms with Gasteiger partial charge in [0.2, 0.25) is 0 Å². The highest BCUT2D eigenvalue weighted by Gasteiger charge is 2.29. The lowest BCUT2D eigenvalue weighted by molar-refractivity contribution is -0.685. The Balaban J connectivity index is 0.00000729. The van der Waals surface area contributed by atoms with Crippen LogP contribution in [-0.2, 0) is 4.74 Å². The van der Waals surface area contributed by atoms with Crippen LogP contribution in [0.3, 0.4) is 0 Å². The molecular formula is C25H52ClNO. The first-order valence-corrected chi connectivity index (χ1v) is 12.7. The van der Waals surface area contributed by atoms with Gasteiger partial charge in [0.15, 0.2) is 0 Å². The third kappa shape index (κ3) is 17.1. The van der Waals surface area contributed by atoms with E-state index in [1.807, 2.05) is 0 Å². The van der Waals surface area contributed by atoms with Crippen LogP contribution >= 0.6 is 0 Å². The van der Waals surface area contributed by atoms with E-state index in [0.29, 0.717) is 0 Å². The van der Waals surface area contributed by atoms with E-state index >= 15 is 0 Å². The fourth-order valence-corrected chi connectivity index (χ4v) is 4.43. The summed E-state index contributed by atoms with van der Waals surface area (Å²) in [6.45, 7) is 7.85. The van der Waals surface area contributed by atoms with Crippen molar-refractivity contribution in [2.75, 3.05) is 19.7 Å². The zero-order valence-corrected chi connectivity index (χ0v) is 20.2. The molecule has 1 rings (SSSR count). The third-order valence-corrected chi connectivity index (χ3v) is 6.41. The maximum atomic E-state index is 5.97. The number of rotatable bonds is 19. The van der Waals surface area contributed by atoms with Crippen LogP contribution in [-0.4, -0.2) is 25.3 Å². The second-order valence-electron chi connectivity index (χ2n) is 9.34. The van der Waals surface area contributed by atoms with Crippen molar-refractivity contribution >= 4 is 0 Å². The molecule has 0 aromatic heterocycles. The molecule has 0 aromatic rings. The van der Waals surface area contributed by atoms with Gasteiger partial charge in [0.05, 0.1) is 13.2 Å². The maximum absolute atomic E-state index is 5.97. The summed E-state index contributed by atoms with van der Waals surface area (Å²) in [6.07, 6.45) is 27.4. The van der Waals surface area contributed by atoms with E-state index < -0.39 is 0 Å². The summed E-state index contributed by atoms with van der Waals surface area (Å²) in [7, 11) is 0. The summed E-state index contributed by atoms with van der Waals surface area (Å²) in [4.78, 5) is 0. The Labute approximate surface area is 183 Å². The molecule has 1 aliphatic heterocycles. The Morgan fingerprint density at radius 3 is 1.39 bits per heavy atom. The topological polar surface area (TPSA) is 25.8 Å². The molecule has 1 fully saturated rings. The predicted molar refractivity (Wildman–Crippen MR) is 119 cm³/mol. The Bertz CT molecular complexity index is 305. The van der Waals surface area contributed by atoms with E-state index in [1.54, 1.807) is 0 Å². The van der Waals surface area contributed by atoms with Crippen molar-refractivity contribution in [1.82, 2.24) is 0 Å². The Kier molecular flexibility index (Phi) is 20.6. The average molecular weight is 418 g/mol. The van der Waals surface area contributed by atoms with Crippen LogP contribution in [0.4, 0.5) is 0 Å². The van der Waals surface area contributed by atoms with Gasteiger partial charge in [0.25, 0.3) is 0 Å². The molecule has 1 unspecified atom stereocenters. The molecule has 170 valence electrons. The first-order valence-electron chi connectivity index (χ1n) is 12.7. The zero-order valence-electron chi connectivity index (χ0n) is 19.4. The first-order chi connectivity index (χ1) is 13.3. The quantitative estimate of drug-likeness (QED) is 0.318. The maximum Gasteiger partial charge on any atom is 0.114 e. The van der Waals surface area contributed by atoms with E-state index in [2.05, 4.69) is 19.2 Å². The average Bonchev–Trinajstić information content (AvgIpc) is 2.67. The summed E-state index contributed by atoms with van der Waals surface area (Å²) in [5, 5.41) is 2.41. The van der Waals surface area contributed by atoms with Gasteiger partial charge in [-0.2, -0.15) is 0 Å². The number of morpholine rings is 1. The normalized spacial score (nSPS) is 19.5. The molecule has 0 amide bonds. The van der Waals surface area contributed by atoms with Gasteiger partial charge in [-0.1, -0.05) is 122 Å². The summed E-state index contributed by atoms with van der Waals surface area (Å²) in [6, 6.07) is 0. The van der Waals surface area contributed by atoms with E-state index in [4.69, 9.17) is 4.74 Å². The summed E-state index contributed by atoms with van der Waals surface area (Å²) in [5.74, 6) is 0. The standard InChI is InChI=1S/C25H51NO.ClH/c1-3-4-5-6-7-8-9-10-11-12-13-14-15-16-17-18-19-20-21-25(2)24-26-22-23-27-25;/h26H,3-24H2,1-2H3;1H. The van der Waals surface area contributed by atoms with Crippen LogP contribution in [0.15, 0.2) is 0 Å². The van der Waals surface area contributed by atoms with Crippen LogP contribution in [0.1, 0.15) is 136 Å². The molecule has 0 aliphatic carbocycles. The summed E-state index contributed by atoms with van der Waals surface area (Å²) >= 11 is 0. The number of ether oxygens (including phenoxy) is 1. The van der Waals surface area contributed by atoms with Gasteiger partial charge in [-0.05, 0) is 13.3 Å². The molecule has 1 aliphatic rings. The van der Waals surface area contributed by atoms with E-state index in [0.717, 1.165) is 19.7 Å². The van der Waals surface area contributed by atoms with Crippen LogP contribution in [0.5, 0.6) is 0 Å². The van der Waals surface area contributed by atoms with Crippen molar-refractivity contribution in [1.29, 1.82) is 0 Å².